The summed E-state index contributed by atoms with van der Waals surface area (Å²) in [5, 5.41) is 14.9. The number of aryl methyl sites for hydroxylation is 1. The summed E-state index contributed by atoms with van der Waals surface area (Å²) >= 11 is 1.08. The Bertz CT molecular complexity index is 811. The summed E-state index contributed by atoms with van der Waals surface area (Å²) in [4.78, 5) is 42.0. The Morgan fingerprint density at radius 1 is 1.36 bits per heavy atom. The van der Waals surface area contributed by atoms with E-state index in [9.17, 15) is 19.5 Å². The second-order valence-electron chi connectivity index (χ2n) is 4.73. The first-order valence-corrected chi connectivity index (χ1v) is 7.37. The zero-order valence-electron chi connectivity index (χ0n) is 11.3. The Balaban J connectivity index is 1.84. The highest BCUT2D eigenvalue weighted by molar-refractivity contribution is 7.17. The van der Waals surface area contributed by atoms with Crippen molar-refractivity contribution in [1.29, 1.82) is 0 Å². The number of amides is 2. The summed E-state index contributed by atoms with van der Waals surface area (Å²) in [5.41, 5.74) is 0.0830. The number of nitrogens with zero attached hydrogens (tertiary/aromatic N) is 1. The Hall–Kier alpha value is -2.68. The highest BCUT2D eigenvalue weighted by Crippen LogP contribution is 2.26. The highest BCUT2D eigenvalue weighted by atomic mass is 32.1. The lowest BCUT2D eigenvalue weighted by atomic mass is 10.2. The summed E-state index contributed by atoms with van der Waals surface area (Å²) in [6.45, 7) is 0.607. The monoisotopic (exact) mass is 320 g/mol. The molecule has 0 fully saturated rings. The van der Waals surface area contributed by atoms with Gasteiger partial charge in [-0.2, -0.15) is 0 Å². The topological polar surface area (TPSA) is 124 Å². The van der Waals surface area contributed by atoms with Crippen LogP contribution in [0.5, 0.6) is 5.88 Å². The molecule has 0 aliphatic carbocycles. The first-order chi connectivity index (χ1) is 10.5. The maximum atomic E-state index is 12.1. The lowest BCUT2D eigenvalue weighted by Crippen LogP contribution is -2.21. The van der Waals surface area contributed by atoms with E-state index in [0.717, 1.165) is 29.9 Å². The molecule has 0 saturated heterocycles. The fourth-order valence-electron chi connectivity index (χ4n) is 2.12. The van der Waals surface area contributed by atoms with E-state index in [4.69, 9.17) is 0 Å². The lowest BCUT2D eigenvalue weighted by Gasteiger charge is -2.02. The van der Waals surface area contributed by atoms with Crippen LogP contribution in [0.15, 0.2) is 16.9 Å². The van der Waals surface area contributed by atoms with Gasteiger partial charge in [0.05, 0.1) is 11.3 Å². The number of hydrogen-bond acceptors (Lipinski definition) is 6. The van der Waals surface area contributed by atoms with Crippen molar-refractivity contribution in [2.75, 3.05) is 11.9 Å². The number of nitrogens with one attached hydrogen (secondary N) is 3. The quantitative estimate of drug-likeness (QED) is 0.640. The molecule has 0 bridgehead atoms. The fraction of sp³-hybridized carbons (Fsp3) is 0.231. The Kier molecular flexibility index (Phi) is 3.63. The molecule has 22 heavy (non-hydrogen) atoms. The third-order valence-corrected chi connectivity index (χ3v) is 4.10. The number of anilines is 1. The van der Waals surface area contributed by atoms with Gasteiger partial charge in [-0.1, -0.05) is 11.3 Å². The predicted octanol–water partition coefficient (Wildman–Crippen LogP) is 0.465. The molecule has 0 unspecified atom stereocenters. The van der Waals surface area contributed by atoms with Crippen LogP contribution in [-0.2, 0) is 6.42 Å². The summed E-state index contributed by atoms with van der Waals surface area (Å²) < 4.78 is 0. The molecular weight excluding hydrogens is 308 g/mol. The summed E-state index contributed by atoms with van der Waals surface area (Å²) in [5.74, 6) is -1.17. The Labute approximate surface area is 128 Å². The van der Waals surface area contributed by atoms with Crippen molar-refractivity contribution in [3.05, 3.63) is 38.6 Å². The zero-order chi connectivity index (χ0) is 15.7. The van der Waals surface area contributed by atoms with E-state index in [1.165, 1.54) is 0 Å². The number of carbonyl (C=O) groups excluding carboxylic acids is 2. The summed E-state index contributed by atoms with van der Waals surface area (Å²) in [7, 11) is 0. The van der Waals surface area contributed by atoms with Gasteiger partial charge in [-0.05, 0) is 12.8 Å². The maximum absolute atomic E-state index is 12.1. The first kappa shape index (κ1) is 14.3. The number of aromatic hydroxyl groups is 1. The van der Waals surface area contributed by atoms with Crippen molar-refractivity contribution in [2.24, 2.45) is 0 Å². The van der Waals surface area contributed by atoms with Gasteiger partial charge in [0.15, 0.2) is 11.0 Å². The molecule has 0 aromatic carbocycles. The van der Waals surface area contributed by atoms with E-state index in [-0.39, 0.29) is 16.6 Å². The minimum atomic E-state index is -0.584. The van der Waals surface area contributed by atoms with Crippen molar-refractivity contribution in [3.63, 3.8) is 0 Å². The van der Waals surface area contributed by atoms with Gasteiger partial charge < -0.3 is 10.4 Å². The minimum absolute atomic E-state index is 0.0103. The smallest absolute Gasteiger partial charge is 0.263 e. The Morgan fingerprint density at radius 3 is 2.95 bits per heavy atom. The summed E-state index contributed by atoms with van der Waals surface area (Å²) in [6, 6.07) is 2.21. The molecule has 0 atom stereocenters. The van der Waals surface area contributed by atoms with Crippen LogP contribution in [0.2, 0.25) is 0 Å². The lowest BCUT2D eigenvalue weighted by molar-refractivity contribution is 0.0958. The van der Waals surface area contributed by atoms with E-state index >= 15 is 0 Å². The molecule has 0 spiro atoms. The number of carbonyl (C=O) groups is 2. The second kappa shape index (κ2) is 5.60. The largest absolute Gasteiger partial charge is 0.494 e. The van der Waals surface area contributed by atoms with Crippen molar-refractivity contribution < 1.29 is 14.7 Å². The van der Waals surface area contributed by atoms with Crippen LogP contribution in [0.25, 0.3) is 0 Å². The number of aromatic amines is 1. The summed E-state index contributed by atoms with van der Waals surface area (Å²) in [6.07, 6.45) is 1.45. The van der Waals surface area contributed by atoms with Crippen molar-refractivity contribution in [2.45, 2.75) is 12.8 Å². The molecule has 114 valence electrons. The minimum Gasteiger partial charge on any atom is -0.494 e. The molecule has 3 heterocycles. The molecule has 4 N–H and O–H groups in total. The van der Waals surface area contributed by atoms with Gasteiger partial charge in [0, 0.05) is 18.7 Å². The van der Waals surface area contributed by atoms with Crippen LogP contribution in [-0.4, -0.2) is 33.4 Å². The maximum Gasteiger partial charge on any atom is 0.263 e. The van der Waals surface area contributed by atoms with Crippen molar-refractivity contribution in [1.82, 2.24) is 15.3 Å². The van der Waals surface area contributed by atoms with Crippen LogP contribution < -0.4 is 16.2 Å². The number of pyridine rings is 1. The van der Waals surface area contributed by atoms with Crippen LogP contribution in [0.3, 0.4) is 0 Å². The van der Waals surface area contributed by atoms with Gasteiger partial charge in [0.25, 0.3) is 17.4 Å². The van der Waals surface area contributed by atoms with Gasteiger partial charge in [-0.25, -0.2) is 4.98 Å². The van der Waals surface area contributed by atoms with Crippen molar-refractivity contribution in [3.8, 4) is 5.88 Å². The number of fused-ring (bicyclic) bond motifs is 1. The van der Waals surface area contributed by atoms with Crippen LogP contribution in [0, 0.1) is 0 Å². The van der Waals surface area contributed by atoms with Crippen molar-refractivity contribution >= 4 is 28.3 Å². The number of rotatable bonds is 2. The molecule has 0 saturated carbocycles. The third kappa shape index (κ3) is 2.84. The molecule has 2 amide bonds. The fourth-order valence-corrected chi connectivity index (χ4v) is 3.04. The number of H-pyrrole nitrogens is 1. The zero-order valence-corrected chi connectivity index (χ0v) is 12.1. The van der Waals surface area contributed by atoms with Gasteiger partial charge >= 0.3 is 0 Å². The molecule has 3 rings (SSSR count). The van der Waals surface area contributed by atoms with Gasteiger partial charge in [0.2, 0.25) is 0 Å². The molecule has 2 aromatic rings. The van der Waals surface area contributed by atoms with E-state index in [1.807, 2.05) is 0 Å². The van der Waals surface area contributed by atoms with E-state index < -0.39 is 17.3 Å². The van der Waals surface area contributed by atoms with Crippen LogP contribution in [0.1, 0.15) is 32.1 Å². The molecular formula is C13H12N4O4S. The number of thiazole rings is 1. The van der Waals surface area contributed by atoms with Gasteiger partial charge in [-0.3, -0.25) is 24.7 Å². The average molecular weight is 320 g/mol. The first-order valence-electron chi connectivity index (χ1n) is 6.55. The molecule has 1 aliphatic rings. The Morgan fingerprint density at radius 2 is 2.18 bits per heavy atom. The molecule has 1 aliphatic heterocycles. The third-order valence-electron chi connectivity index (χ3n) is 3.09. The highest BCUT2D eigenvalue weighted by Gasteiger charge is 2.21. The van der Waals surface area contributed by atoms with E-state index in [1.54, 1.807) is 0 Å². The molecule has 8 nitrogen and oxygen atoms in total. The molecule has 2 aromatic heterocycles. The molecule has 9 heteroatoms. The average Bonchev–Trinajstić information content (AvgIpc) is 2.77. The van der Waals surface area contributed by atoms with E-state index in [0.29, 0.717) is 23.5 Å². The SMILES string of the molecule is O=C(Nc1nc2c(s1)C(=O)NCCC2)c1cc(O)[nH]c(=O)c1. The normalized spacial score (nSPS) is 13.9. The number of hydrogen-bond donors (Lipinski definition) is 4. The van der Waals surface area contributed by atoms with Crippen LogP contribution >= 0.6 is 11.3 Å². The second-order valence-corrected chi connectivity index (χ2v) is 5.73. The van der Waals surface area contributed by atoms with Crippen LogP contribution in [0.4, 0.5) is 5.13 Å². The number of aromatic nitrogens is 2. The van der Waals surface area contributed by atoms with E-state index in [2.05, 4.69) is 20.6 Å². The predicted molar refractivity (Wildman–Crippen MR) is 79.4 cm³/mol. The molecule has 0 radical (unpaired) electrons. The standard InChI is InChI=1S/C13H12N4O4S/c18-8-4-6(5-9(19)16-8)11(20)17-13-15-7-2-1-3-14-12(21)10(7)22-13/h4-5H,1-3H2,(H,14,21)(H,15,17,20)(H2,16,18,19). The van der Waals surface area contributed by atoms with Gasteiger partial charge in [-0.15, -0.1) is 0 Å². The van der Waals surface area contributed by atoms with Gasteiger partial charge in [0.1, 0.15) is 4.88 Å².